The first-order valence-electron chi connectivity index (χ1n) is 11.7. The minimum absolute atomic E-state index is 0.311. The molecule has 7 nitrogen and oxygen atoms in total. The summed E-state index contributed by atoms with van der Waals surface area (Å²) in [5, 5.41) is 5.06. The van der Waals surface area contributed by atoms with Crippen LogP contribution in [-0.2, 0) is 0 Å². The number of carbonyl (C=O) groups is 2. The number of para-hydroxylation sites is 2. The molecule has 0 saturated carbocycles. The summed E-state index contributed by atoms with van der Waals surface area (Å²) in [5.74, 6) is 0.0259. The van der Waals surface area contributed by atoms with Crippen LogP contribution in [0.5, 0.6) is 11.5 Å². The molecule has 38 heavy (non-hydrogen) atoms. The standard InChI is InChI=1S/C30H22BrN3O4/c1-37-22-16-14-20(15-17-22)30(36)38-25-13-6-5-10-21(25)18-32-34-29(35)28-26(19-8-3-2-4-9-19)23-11-7-12-24(31)27(23)33-28/h2-18,33H,1H3,(H,34,35). The first kappa shape index (κ1) is 25.0. The number of esters is 1. The van der Waals surface area contributed by atoms with E-state index in [4.69, 9.17) is 9.47 Å². The lowest BCUT2D eigenvalue weighted by atomic mass is 10.0. The number of carbonyl (C=O) groups excluding carboxylic acids is 2. The number of hydrogen-bond acceptors (Lipinski definition) is 5. The topological polar surface area (TPSA) is 92.8 Å². The van der Waals surface area contributed by atoms with E-state index in [9.17, 15) is 9.59 Å². The third kappa shape index (κ3) is 5.21. The highest BCUT2D eigenvalue weighted by Crippen LogP contribution is 2.35. The molecule has 0 spiro atoms. The molecule has 2 N–H and O–H groups in total. The summed E-state index contributed by atoms with van der Waals surface area (Å²) in [6.45, 7) is 0. The van der Waals surface area contributed by atoms with Gasteiger partial charge < -0.3 is 14.5 Å². The summed E-state index contributed by atoms with van der Waals surface area (Å²) in [5.41, 5.74) is 6.38. The molecule has 0 bridgehead atoms. The fourth-order valence-electron chi connectivity index (χ4n) is 4.04. The summed E-state index contributed by atoms with van der Waals surface area (Å²) < 4.78 is 11.6. The summed E-state index contributed by atoms with van der Waals surface area (Å²) >= 11 is 3.56. The van der Waals surface area contributed by atoms with Crippen molar-refractivity contribution in [2.75, 3.05) is 7.11 Å². The Labute approximate surface area is 227 Å². The molecule has 1 amide bonds. The number of rotatable bonds is 7. The van der Waals surface area contributed by atoms with E-state index in [1.165, 1.54) is 6.21 Å². The van der Waals surface area contributed by atoms with Crippen molar-refractivity contribution < 1.29 is 19.1 Å². The van der Waals surface area contributed by atoms with Crippen molar-refractivity contribution in [1.82, 2.24) is 10.4 Å². The number of H-pyrrole nitrogens is 1. The first-order valence-corrected chi connectivity index (χ1v) is 12.5. The molecule has 1 aromatic heterocycles. The Kier molecular flexibility index (Phi) is 7.33. The van der Waals surface area contributed by atoms with E-state index >= 15 is 0 Å². The maximum absolute atomic E-state index is 13.2. The molecular formula is C30H22BrN3O4. The third-order valence-electron chi connectivity index (χ3n) is 5.89. The number of fused-ring (bicyclic) bond motifs is 1. The van der Waals surface area contributed by atoms with Crippen LogP contribution in [0, 0.1) is 0 Å². The van der Waals surface area contributed by atoms with E-state index in [2.05, 4.69) is 31.4 Å². The fraction of sp³-hybridized carbons (Fsp3) is 0.0333. The van der Waals surface area contributed by atoms with Crippen LogP contribution in [0.3, 0.4) is 0 Å². The quantitative estimate of drug-likeness (QED) is 0.100. The number of halogens is 1. The van der Waals surface area contributed by atoms with Crippen LogP contribution in [0.15, 0.2) is 107 Å². The van der Waals surface area contributed by atoms with Crippen molar-refractivity contribution in [3.05, 3.63) is 118 Å². The summed E-state index contributed by atoms with van der Waals surface area (Å²) in [6.07, 6.45) is 1.44. The number of nitrogens with zero attached hydrogens (tertiary/aromatic N) is 1. The van der Waals surface area contributed by atoms with E-state index in [0.717, 1.165) is 26.5 Å². The van der Waals surface area contributed by atoms with Crippen molar-refractivity contribution in [2.24, 2.45) is 5.10 Å². The smallest absolute Gasteiger partial charge is 0.343 e. The van der Waals surface area contributed by atoms with Gasteiger partial charge in [0.2, 0.25) is 0 Å². The molecule has 4 aromatic carbocycles. The number of hydrogen-bond donors (Lipinski definition) is 2. The lowest BCUT2D eigenvalue weighted by molar-refractivity contribution is 0.0734. The second-order valence-corrected chi connectivity index (χ2v) is 9.11. The van der Waals surface area contributed by atoms with E-state index in [1.807, 2.05) is 48.5 Å². The van der Waals surface area contributed by atoms with Gasteiger partial charge in [0.1, 0.15) is 17.2 Å². The highest BCUT2D eigenvalue weighted by atomic mass is 79.9. The van der Waals surface area contributed by atoms with E-state index < -0.39 is 11.9 Å². The van der Waals surface area contributed by atoms with Gasteiger partial charge in [-0.1, -0.05) is 54.6 Å². The molecule has 8 heteroatoms. The molecule has 5 aromatic rings. The van der Waals surface area contributed by atoms with Crippen LogP contribution in [0.4, 0.5) is 0 Å². The zero-order valence-electron chi connectivity index (χ0n) is 20.3. The normalized spacial score (nSPS) is 11.0. The van der Waals surface area contributed by atoms with Gasteiger partial charge in [-0.2, -0.15) is 5.10 Å². The Hall–Kier alpha value is -4.69. The van der Waals surface area contributed by atoms with Crippen LogP contribution in [-0.4, -0.2) is 30.2 Å². The molecule has 0 atom stereocenters. The SMILES string of the molecule is COc1ccc(C(=O)Oc2ccccc2C=NNC(=O)c2[nH]c3c(Br)cccc3c2-c2ccccc2)cc1. The molecule has 0 aliphatic rings. The van der Waals surface area contributed by atoms with Gasteiger partial charge in [-0.25, -0.2) is 10.2 Å². The largest absolute Gasteiger partial charge is 0.497 e. The Morgan fingerprint density at radius 1 is 0.895 bits per heavy atom. The highest BCUT2D eigenvalue weighted by Gasteiger charge is 2.20. The molecule has 0 aliphatic carbocycles. The summed E-state index contributed by atoms with van der Waals surface area (Å²) in [4.78, 5) is 29.1. The lowest BCUT2D eigenvalue weighted by Gasteiger charge is -2.08. The molecule has 0 fully saturated rings. The summed E-state index contributed by atoms with van der Waals surface area (Å²) in [6, 6.07) is 29.1. The first-order chi connectivity index (χ1) is 18.5. The van der Waals surface area contributed by atoms with Crippen molar-refractivity contribution in [3.8, 4) is 22.6 Å². The Morgan fingerprint density at radius 3 is 2.39 bits per heavy atom. The molecule has 0 unspecified atom stereocenters. The minimum atomic E-state index is -0.520. The molecule has 0 saturated heterocycles. The zero-order chi connectivity index (χ0) is 26.5. The van der Waals surface area contributed by atoms with Gasteiger partial charge in [-0.3, -0.25) is 4.79 Å². The number of benzene rings is 4. The monoisotopic (exact) mass is 567 g/mol. The highest BCUT2D eigenvalue weighted by molar-refractivity contribution is 9.10. The predicted molar refractivity (Wildman–Crippen MR) is 151 cm³/mol. The lowest BCUT2D eigenvalue weighted by Crippen LogP contribution is -2.19. The molecule has 0 aliphatic heterocycles. The summed E-state index contributed by atoms with van der Waals surface area (Å²) in [7, 11) is 1.56. The average Bonchev–Trinajstić information content (AvgIpc) is 3.35. The fourth-order valence-corrected chi connectivity index (χ4v) is 4.50. The van der Waals surface area contributed by atoms with Gasteiger partial charge in [0.15, 0.2) is 0 Å². The molecule has 188 valence electrons. The number of amides is 1. The second kappa shape index (κ2) is 11.1. The van der Waals surface area contributed by atoms with Crippen molar-refractivity contribution >= 4 is 44.9 Å². The number of nitrogens with one attached hydrogen (secondary N) is 2. The van der Waals surface area contributed by atoms with Crippen LogP contribution >= 0.6 is 15.9 Å². The average molecular weight is 568 g/mol. The Morgan fingerprint density at radius 2 is 1.63 bits per heavy atom. The van der Waals surface area contributed by atoms with Gasteiger partial charge in [-0.15, -0.1) is 0 Å². The van der Waals surface area contributed by atoms with Crippen molar-refractivity contribution in [1.29, 1.82) is 0 Å². The van der Waals surface area contributed by atoms with Crippen LogP contribution in [0.25, 0.3) is 22.0 Å². The van der Waals surface area contributed by atoms with Crippen LogP contribution in [0.2, 0.25) is 0 Å². The Bertz CT molecular complexity index is 1640. The maximum atomic E-state index is 13.2. The van der Waals surface area contributed by atoms with Gasteiger partial charge in [0, 0.05) is 21.0 Å². The van der Waals surface area contributed by atoms with Crippen LogP contribution in [0.1, 0.15) is 26.4 Å². The number of hydrazone groups is 1. The second-order valence-electron chi connectivity index (χ2n) is 8.26. The van der Waals surface area contributed by atoms with Gasteiger partial charge in [0.05, 0.1) is 24.4 Å². The number of ether oxygens (including phenoxy) is 2. The van der Waals surface area contributed by atoms with Crippen LogP contribution < -0.4 is 14.9 Å². The van der Waals surface area contributed by atoms with Gasteiger partial charge in [0.25, 0.3) is 5.91 Å². The van der Waals surface area contributed by atoms with E-state index in [-0.39, 0.29) is 0 Å². The molecule has 0 radical (unpaired) electrons. The minimum Gasteiger partial charge on any atom is -0.497 e. The van der Waals surface area contributed by atoms with E-state index in [1.54, 1.807) is 55.6 Å². The Balaban J connectivity index is 1.37. The van der Waals surface area contributed by atoms with E-state index in [0.29, 0.717) is 28.3 Å². The predicted octanol–water partition coefficient (Wildman–Crippen LogP) is 6.59. The number of aromatic nitrogens is 1. The number of aromatic amines is 1. The maximum Gasteiger partial charge on any atom is 0.343 e. The molecule has 1 heterocycles. The third-order valence-corrected chi connectivity index (χ3v) is 6.55. The van der Waals surface area contributed by atoms with Crippen molar-refractivity contribution in [2.45, 2.75) is 0 Å². The van der Waals surface area contributed by atoms with Gasteiger partial charge in [-0.05, 0) is 64.0 Å². The number of methoxy groups -OCH3 is 1. The zero-order valence-corrected chi connectivity index (χ0v) is 21.9. The van der Waals surface area contributed by atoms with Gasteiger partial charge >= 0.3 is 5.97 Å². The molecular weight excluding hydrogens is 546 g/mol. The van der Waals surface area contributed by atoms with Crippen molar-refractivity contribution in [3.63, 3.8) is 0 Å². The molecule has 5 rings (SSSR count).